The minimum absolute atomic E-state index is 0.112. The third-order valence-corrected chi connectivity index (χ3v) is 2.73. The largest absolute Gasteiger partial charge is 0.478 e. The van der Waals surface area contributed by atoms with Crippen molar-refractivity contribution < 1.29 is 14.7 Å². The van der Waals surface area contributed by atoms with E-state index >= 15 is 0 Å². The van der Waals surface area contributed by atoms with Gasteiger partial charge in [0.15, 0.2) is 5.12 Å². The number of thioether (sulfide) groups is 1. The summed E-state index contributed by atoms with van der Waals surface area (Å²) in [5.74, 6) is -0.952. The molecule has 0 bridgehead atoms. The first-order valence-corrected chi connectivity index (χ1v) is 5.49. The van der Waals surface area contributed by atoms with Gasteiger partial charge < -0.3 is 5.11 Å². The predicted octanol–water partition coefficient (Wildman–Crippen LogP) is 2.80. The van der Waals surface area contributed by atoms with E-state index in [-0.39, 0.29) is 10.7 Å². The molecule has 1 rings (SSSR count). The molecule has 1 aromatic carbocycles. The Morgan fingerprint density at radius 1 is 1.27 bits per heavy atom. The quantitative estimate of drug-likeness (QED) is 0.799. The highest BCUT2D eigenvalue weighted by Gasteiger charge is 2.05. The van der Waals surface area contributed by atoms with Crippen LogP contribution in [0.25, 0.3) is 0 Å². The third-order valence-electron chi connectivity index (χ3n) is 1.79. The Kier molecular flexibility index (Phi) is 4.37. The second kappa shape index (κ2) is 5.56. The molecule has 1 aromatic rings. The Bertz CT molecular complexity index is 357. The van der Waals surface area contributed by atoms with Gasteiger partial charge in [-0.15, -0.1) is 0 Å². The van der Waals surface area contributed by atoms with Crippen LogP contribution in [0.15, 0.2) is 29.2 Å². The van der Waals surface area contributed by atoms with Crippen molar-refractivity contribution in [1.82, 2.24) is 0 Å². The van der Waals surface area contributed by atoms with Crippen molar-refractivity contribution in [3.8, 4) is 0 Å². The number of carbonyl (C=O) groups is 2. The monoisotopic (exact) mass is 224 g/mol. The van der Waals surface area contributed by atoms with Crippen molar-refractivity contribution in [3.63, 3.8) is 0 Å². The lowest BCUT2D eigenvalue weighted by Gasteiger charge is -1.99. The van der Waals surface area contributed by atoms with E-state index in [1.807, 2.05) is 6.92 Å². The molecule has 1 N–H and O–H groups in total. The summed E-state index contributed by atoms with van der Waals surface area (Å²) >= 11 is 1.16. The van der Waals surface area contributed by atoms with Crippen LogP contribution in [-0.2, 0) is 4.79 Å². The lowest BCUT2D eigenvalue weighted by Crippen LogP contribution is -1.95. The van der Waals surface area contributed by atoms with E-state index in [4.69, 9.17) is 5.11 Å². The molecule has 0 heterocycles. The van der Waals surface area contributed by atoms with Crippen LogP contribution in [-0.4, -0.2) is 16.2 Å². The molecule has 0 radical (unpaired) electrons. The number of rotatable bonds is 4. The van der Waals surface area contributed by atoms with Gasteiger partial charge in [-0.1, -0.05) is 18.7 Å². The highest BCUT2D eigenvalue weighted by Crippen LogP contribution is 2.21. The molecule has 15 heavy (non-hydrogen) atoms. The molecule has 0 saturated heterocycles. The molecule has 80 valence electrons. The number of aromatic carboxylic acids is 1. The van der Waals surface area contributed by atoms with E-state index in [0.717, 1.165) is 23.1 Å². The van der Waals surface area contributed by atoms with Crippen LogP contribution in [0.2, 0.25) is 0 Å². The van der Waals surface area contributed by atoms with Crippen LogP contribution in [0.3, 0.4) is 0 Å². The van der Waals surface area contributed by atoms with Gasteiger partial charge in [-0.25, -0.2) is 4.79 Å². The molecule has 0 aliphatic rings. The molecule has 0 saturated carbocycles. The smallest absolute Gasteiger partial charge is 0.335 e. The Balaban J connectivity index is 2.64. The maximum atomic E-state index is 11.3. The first kappa shape index (κ1) is 11.8. The third kappa shape index (κ3) is 3.75. The van der Waals surface area contributed by atoms with Crippen LogP contribution in [0.5, 0.6) is 0 Å². The maximum Gasteiger partial charge on any atom is 0.335 e. The van der Waals surface area contributed by atoms with E-state index in [1.54, 1.807) is 12.1 Å². The first-order chi connectivity index (χ1) is 7.13. The minimum Gasteiger partial charge on any atom is -0.478 e. The zero-order valence-corrected chi connectivity index (χ0v) is 9.21. The zero-order valence-electron chi connectivity index (χ0n) is 8.40. The summed E-state index contributed by atoms with van der Waals surface area (Å²) in [6.07, 6.45) is 1.38. The Morgan fingerprint density at radius 3 is 2.33 bits per heavy atom. The van der Waals surface area contributed by atoms with Crippen molar-refractivity contribution in [2.24, 2.45) is 0 Å². The molecule has 0 spiro atoms. The van der Waals surface area contributed by atoms with Gasteiger partial charge in [-0.3, -0.25) is 4.79 Å². The number of benzene rings is 1. The van der Waals surface area contributed by atoms with Gasteiger partial charge in [0.1, 0.15) is 0 Å². The van der Waals surface area contributed by atoms with E-state index < -0.39 is 5.97 Å². The molecular formula is C11H12O3S. The molecule has 0 aliphatic carbocycles. The van der Waals surface area contributed by atoms with Gasteiger partial charge in [0, 0.05) is 11.3 Å². The molecule has 0 aromatic heterocycles. The minimum atomic E-state index is -0.952. The summed E-state index contributed by atoms with van der Waals surface area (Å²) in [5, 5.41) is 8.78. The lowest BCUT2D eigenvalue weighted by molar-refractivity contribution is -0.111. The van der Waals surface area contributed by atoms with Gasteiger partial charge in [-0.05, 0) is 30.7 Å². The van der Waals surface area contributed by atoms with Gasteiger partial charge in [-0.2, -0.15) is 0 Å². The zero-order chi connectivity index (χ0) is 11.3. The molecule has 0 aliphatic heterocycles. The summed E-state index contributed by atoms with van der Waals surface area (Å²) in [7, 11) is 0. The summed E-state index contributed by atoms with van der Waals surface area (Å²) in [6.45, 7) is 1.95. The SMILES string of the molecule is CCCC(=O)Sc1ccc(C(=O)O)cc1. The molecule has 3 nitrogen and oxygen atoms in total. The van der Waals surface area contributed by atoms with Crippen molar-refractivity contribution in [2.45, 2.75) is 24.7 Å². The predicted molar refractivity (Wildman–Crippen MR) is 59.2 cm³/mol. The highest BCUT2D eigenvalue weighted by atomic mass is 32.2. The number of hydrogen-bond donors (Lipinski definition) is 1. The van der Waals surface area contributed by atoms with Crippen molar-refractivity contribution in [1.29, 1.82) is 0 Å². The molecule has 0 atom stereocenters. The maximum absolute atomic E-state index is 11.3. The average molecular weight is 224 g/mol. The number of carbonyl (C=O) groups excluding carboxylic acids is 1. The molecule has 4 heteroatoms. The fourth-order valence-corrected chi connectivity index (χ4v) is 1.89. The topological polar surface area (TPSA) is 54.4 Å². The fraction of sp³-hybridized carbons (Fsp3) is 0.273. The summed E-state index contributed by atoms with van der Waals surface area (Å²) in [6, 6.07) is 6.32. The summed E-state index contributed by atoms with van der Waals surface area (Å²) in [5.41, 5.74) is 0.238. The summed E-state index contributed by atoms with van der Waals surface area (Å²) < 4.78 is 0. The molecule has 0 amide bonds. The van der Waals surface area contributed by atoms with Gasteiger partial charge in [0.2, 0.25) is 0 Å². The standard InChI is InChI=1S/C11H12O3S/c1-2-3-10(12)15-9-6-4-8(5-7-9)11(13)14/h4-7H,2-3H2,1H3,(H,13,14). The van der Waals surface area contributed by atoms with E-state index in [9.17, 15) is 9.59 Å². The molecule has 0 unspecified atom stereocenters. The first-order valence-electron chi connectivity index (χ1n) is 4.67. The second-order valence-electron chi connectivity index (χ2n) is 3.05. The van der Waals surface area contributed by atoms with Crippen LogP contribution in [0.4, 0.5) is 0 Å². The van der Waals surface area contributed by atoms with Crippen LogP contribution in [0, 0.1) is 0 Å². The summed E-state index contributed by atoms with van der Waals surface area (Å²) in [4.78, 5) is 22.6. The molecule has 0 fully saturated rings. The van der Waals surface area contributed by atoms with Crippen LogP contribution in [0.1, 0.15) is 30.1 Å². The second-order valence-corrected chi connectivity index (χ2v) is 4.18. The Morgan fingerprint density at radius 2 is 1.87 bits per heavy atom. The number of hydrogen-bond acceptors (Lipinski definition) is 3. The van der Waals surface area contributed by atoms with Gasteiger partial charge in [0.05, 0.1) is 5.56 Å². The van der Waals surface area contributed by atoms with Gasteiger partial charge >= 0.3 is 5.97 Å². The van der Waals surface area contributed by atoms with Crippen LogP contribution >= 0.6 is 11.8 Å². The number of carboxylic acids is 1. The number of carboxylic acid groups (broad SMARTS) is 1. The average Bonchev–Trinajstić information content (AvgIpc) is 2.18. The highest BCUT2D eigenvalue weighted by molar-refractivity contribution is 8.13. The Hall–Kier alpha value is -1.29. The van der Waals surface area contributed by atoms with Crippen molar-refractivity contribution in [2.75, 3.05) is 0 Å². The lowest BCUT2D eigenvalue weighted by atomic mass is 10.2. The van der Waals surface area contributed by atoms with Gasteiger partial charge in [0.25, 0.3) is 0 Å². The normalized spacial score (nSPS) is 9.93. The van der Waals surface area contributed by atoms with E-state index in [2.05, 4.69) is 0 Å². The fourth-order valence-electron chi connectivity index (χ4n) is 1.05. The van der Waals surface area contributed by atoms with Crippen molar-refractivity contribution >= 4 is 22.8 Å². The van der Waals surface area contributed by atoms with Crippen molar-refractivity contribution in [3.05, 3.63) is 29.8 Å². The van der Waals surface area contributed by atoms with E-state index in [1.165, 1.54) is 12.1 Å². The van der Waals surface area contributed by atoms with Crippen LogP contribution < -0.4 is 0 Å². The molecular weight excluding hydrogens is 212 g/mol. The Labute approximate surface area is 92.5 Å². The van der Waals surface area contributed by atoms with E-state index in [0.29, 0.717) is 6.42 Å².